The third kappa shape index (κ3) is 2.25. The van der Waals surface area contributed by atoms with Crippen molar-refractivity contribution in [1.29, 1.82) is 0 Å². The van der Waals surface area contributed by atoms with Crippen molar-refractivity contribution in [3.8, 4) is 0 Å². The van der Waals surface area contributed by atoms with Crippen molar-refractivity contribution >= 4 is 39.9 Å². The molecule has 0 fully saturated rings. The van der Waals surface area contributed by atoms with Crippen molar-refractivity contribution in [2.24, 2.45) is 0 Å². The van der Waals surface area contributed by atoms with Crippen LogP contribution in [0.15, 0.2) is 12.1 Å². The summed E-state index contributed by atoms with van der Waals surface area (Å²) in [4.78, 5) is 4.43. The number of hydrogen-bond acceptors (Lipinski definition) is 2. The number of nitrogens with zero attached hydrogens (tertiary/aromatic N) is 1. The first kappa shape index (κ1) is 13.4. The molecule has 0 aliphatic carbocycles. The first-order valence-electron chi connectivity index (χ1n) is 5.73. The molecule has 2 nitrogen and oxygen atoms in total. The minimum absolute atomic E-state index is 0.00899. The second-order valence-corrected chi connectivity index (χ2v) is 4.83. The molecule has 0 saturated carbocycles. The van der Waals surface area contributed by atoms with Crippen LogP contribution in [0.4, 0.5) is 10.2 Å². The van der Waals surface area contributed by atoms with Gasteiger partial charge < -0.3 is 5.32 Å². The maximum atomic E-state index is 13.7. The molecule has 18 heavy (non-hydrogen) atoms. The van der Waals surface area contributed by atoms with Crippen LogP contribution in [-0.2, 0) is 6.42 Å². The van der Waals surface area contributed by atoms with Gasteiger partial charge in [0.15, 0.2) is 5.82 Å². The average molecular weight is 287 g/mol. The van der Waals surface area contributed by atoms with E-state index in [4.69, 9.17) is 23.2 Å². The highest BCUT2D eigenvalue weighted by Crippen LogP contribution is 2.33. The van der Waals surface area contributed by atoms with Crippen LogP contribution in [0, 0.1) is 5.82 Å². The molecule has 1 aromatic carbocycles. The first-order valence-corrected chi connectivity index (χ1v) is 6.49. The highest BCUT2D eigenvalue weighted by atomic mass is 35.5. The quantitative estimate of drug-likeness (QED) is 0.829. The van der Waals surface area contributed by atoms with E-state index in [2.05, 4.69) is 17.2 Å². The van der Waals surface area contributed by atoms with Gasteiger partial charge in [0.1, 0.15) is 5.82 Å². The maximum absolute atomic E-state index is 13.7. The van der Waals surface area contributed by atoms with Gasteiger partial charge in [0.2, 0.25) is 0 Å². The number of pyridine rings is 1. The summed E-state index contributed by atoms with van der Waals surface area (Å²) in [6, 6.07) is 3.37. The predicted molar refractivity (Wildman–Crippen MR) is 75.3 cm³/mol. The zero-order chi connectivity index (χ0) is 13.3. The van der Waals surface area contributed by atoms with Gasteiger partial charge in [-0.1, -0.05) is 36.5 Å². The standard InChI is InChI=1S/C13H13Cl2FN2/c1-3-4-7-5-8-10(18-13(7)17-2)6-9(14)12(16)11(8)15/h5-6H,3-4H2,1-2H3,(H,17,18). The van der Waals surface area contributed by atoms with Gasteiger partial charge in [0.05, 0.1) is 15.6 Å². The van der Waals surface area contributed by atoms with E-state index in [1.165, 1.54) is 6.07 Å². The molecule has 1 heterocycles. The van der Waals surface area contributed by atoms with Crippen molar-refractivity contribution in [2.75, 3.05) is 12.4 Å². The summed E-state index contributed by atoms with van der Waals surface area (Å²) >= 11 is 11.7. The normalized spacial score (nSPS) is 10.9. The number of aryl methyl sites for hydroxylation is 1. The Morgan fingerprint density at radius 2 is 2.06 bits per heavy atom. The molecule has 2 rings (SSSR count). The van der Waals surface area contributed by atoms with E-state index in [1.807, 2.05) is 6.07 Å². The Morgan fingerprint density at radius 1 is 1.33 bits per heavy atom. The molecule has 1 N–H and O–H groups in total. The van der Waals surface area contributed by atoms with Gasteiger partial charge in [-0.05, 0) is 24.1 Å². The van der Waals surface area contributed by atoms with Crippen LogP contribution in [-0.4, -0.2) is 12.0 Å². The molecule has 0 aliphatic heterocycles. The molecule has 0 aliphatic rings. The summed E-state index contributed by atoms with van der Waals surface area (Å²) < 4.78 is 13.7. The summed E-state index contributed by atoms with van der Waals surface area (Å²) in [5, 5.41) is 3.66. The molecule has 0 spiro atoms. The summed E-state index contributed by atoms with van der Waals surface area (Å²) in [5.41, 5.74) is 1.62. The smallest absolute Gasteiger partial charge is 0.161 e. The zero-order valence-corrected chi connectivity index (χ0v) is 11.7. The Morgan fingerprint density at radius 3 is 2.67 bits per heavy atom. The van der Waals surface area contributed by atoms with Crippen LogP contribution >= 0.6 is 23.2 Å². The van der Waals surface area contributed by atoms with Gasteiger partial charge in [0.25, 0.3) is 0 Å². The number of halogens is 3. The van der Waals surface area contributed by atoms with Gasteiger partial charge in [-0.3, -0.25) is 0 Å². The van der Waals surface area contributed by atoms with Crippen LogP contribution < -0.4 is 5.32 Å². The molecule has 0 unspecified atom stereocenters. The number of anilines is 1. The number of rotatable bonds is 3. The van der Waals surface area contributed by atoms with Crippen molar-refractivity contribution in [1.82, 2.24) is 4.98 Å². The van der Waals surface area contributed by atoms with Crippen molar-refractivity contribution in [3.05, 3.63) is 33.6 Å². The lowest BCUT2D eigenvalue weighted by Crippen LogP contribution is -2.00. The average Bonchev–Trinajstić information content (AvgIpc) is 2.37. The molecule has 0 amide bonds. The lowest BCUT2D eigenvalue weighted by molar-refractivity contribution is 0.630. The van der Waals surface area contributed by atoms with Gasteiger partial charge in [-0.2, -0.15) is 0 Å². The Balaban J connectivity index is 2.75. The summed E-state index contributed by atoms with van der Waals surface area (Å²) in [5.74, 6) is 0.190. The molecular weight excluding hydrogens is 274 g/mol. The van der Waals surface area contributed by atoms with E-state index in [0.29, 0.717) is 10.9 Å². The molecule has 96 valence electrons. The number of hydrogen-bond donors (Lipinski definition) is 1. The molecule has 5 heteroatoms. The van der Waals surface area contributed by atoms with Gasteiger partial charge >= 0.3 is 0 Å². The number of benzene rings is 1. The maximum Gasteiger partial charge on any atom is 0.161 e. The SMILES string of the molecule is CCCc1cc2c(Cl)c(F)c(Cl)cc2nc1NC. The van der Waals surface area contributed by atoms with Gasteiger partial charge in [-0.15, -0.1) is 0 Å². The highest BCUT2D eigenvalue weighted by molar-refractivity contribution is 6.38. The molecular formula is C13H13Cl2FN2. The third-order valence-corrected chi connectivity index (χ3v) is 3.43. The van der Waals surface area contributed by atoms with Crippen molar-refractivity contribution in [3.63, 3.8) is 0 Å². The Hall–Kier alpha value is -1.06. The fourth-order valence-electron chi connectivity index (χ4n) is 1.94. The molecule has 2 aromatic rings. The topological polar surface area (TPSA) is 24.9 Å². The van der Waals surface area contributed by atoms with Crippen LogP contribution in [0.2, 0.25) is 10.0 Å². The molecule has 0 saturated heterocycles. The van der Waals surface area contributed by atoms with Crippen LogP contribution in [0.3, 0.4) is 0 Å². The second kappa shape index (κ2) is 5.29. The van der Waals surface area contributed by atoms with E-state index < -0.39 is 5.82 Å². The molecule has 0 radical (unpaired) electrons. The van der Waals surface area contributed by atoms with Gasteiger partial charge in [-0.25, -0.2) is 9.37 Å². The van der Waals surface area contributed by atoms with Gasteiger partial charge in [0, 0.05) is 12.4 Å². The van der Waals surface area contributed by atoms with Crippen molar-refractivity contribution in [2.45, 2.75) is 19.8 Å². The first-order chi connectivity index (χ1) is 8.58. The van der Waals surface area contributed by atoms with E-state index in [1.54, 1.807) is 7.05 Å². The molecule has 0 atom stereocenters. The minimum Gasteiger partial charge on any atom is -0.373 e. The Kier molecular flexibility index (Phi) is 3.93. The Labute approximate surface area is 115 Å². The van der Waals surface area contributed by atoms with E-state index in [-0.39, 0.29) is 10.0 Å². The number of aromatic nitrogens is 1. The summed E-state index contributed by atoms with van der Waals surface area (Å²) in [7, 11) is 1.81. The zero-order valence-electron chi connectivity index (χ0n) is 10.2. The van der Waals surface area contributed by atoms with Crippen LogP contribution in [0.5, 0.6) is 0 Å². The monoisotopic (exact) mass is 286 g/mol. The third-order valence-electron chi connectivity index (χ3n) is 2.79. The molecule has 1 aromatic heterocycles. The number of nitrogens with one attached hydrogen (secondary N) is 1. The largest absolute Gasteiger partial charge is 0.373 e. The fourth-order valence-corrected chi connectivity index (χ4v) is 2.44. The minimum atomic E-state index is -0.590. The lowest BCUT2D eigenvalue weighted by Gasteiger charge is -2.11. The van der Waals surface area contributed by atoms with Crippen molar-refractivity contribution < 1.29 is 4.39 Å². The van der Waals surface area contributed by atoms with E-state index in [9.17, 15) is 4.39 Å². The highest BCUT2D eigenvalue weighted by Gasteiger charge is 2.14. The molecule has 0 bridgehead atoms. The van der Waals surface area contributed by atoms with E-state index >= 15 is 0 Å². The van der Waals surface area contributed by atoms with E-state index in [0.717, 1.165) is 24.2 Å². The summed E-state index contributed by atoms with van der Waals surface area (Å²) in [6.07, 6.45) is 1.84. The fraction of sp³-hybridized carbons (Fsp3) is 0.308. The Bertz CT molecular complexity index is 599. The lowest BCUT2D eigenvalue weighted by atomic mass is 10.1. The summed E-state index contributed by atoms with van der Waals surface area (Å²) in [6.45, 7) is 2.08. The second-order valence-electron chi connectivity index (χ2n) is 4.05. The van der Waals surface area contributed by atoms with Crippen LogP contribution in [0.1, 0.15) is 18.9 Å². The number of fused-ring (bicyclic) bond motifs is 1. The van der Waals surface area contributed by atoms with Crippen LogP contribution in [0.25, 0.3) is 10.9 Å². The predicted octanol–water partition coefficient (Wildman–Crippen LogP) is 4.67.